The van der Waals surface area contributed by atoms with Crippen molar-refractivity contribution in [1.29, 1.82) is 0 Å². The lowest BCUT2D eigenvalue weighted by Gasteiger charge is -2.44. The van der Waals surface area contributed by atoms with E-state index in [1.165, 1.54) is 24.3 Å². The van der Waals surface area contributed by atoms with Crippen molar-refractivity contribution in [1.82, 2.24) is 5.34 Å². The van der Waals surface area contributed by atoms with E-state index in [0.29, 0.717) is 22.9 Å². The summed E-state index contributed by atoms with van der Waals surface area (Å²) >= 11 is 0. The maximum absolute atomic E-state index is 15.5. The third-order valence-electron chi connectivity index (χ3n) is 6.00. The Morgan fingerprint density at radius 1 is 0.513 bits per heavy atom. The number of rotatable bonds is 8. The number of nitrogens with two attached hydrogens (primary N) is 3. The summed E-state index contributed by atoms with van der Waals surface area (Å²) in [6, 6.07) is 19.9. The number of hydrogen-bond acceptors (Lipinski definition) is 6. The smallest absolute Gasteiger partial charge is 0.408 e. The van der Waals surface area contributed by atoms with Crippen LogP contribution in [0.1, 0.15) is 11.1 Å². The molecular formula is C27H22F6N4O2. The molecule has 0 fully saturated rings. The topological polar surface area (TPSA) is 99.8 Å². The molecule has 0 saturated carbocycles. The van der Waals surface area contributed by atoms with Gasteiger partial charge >= 0.3 is 6.18 Å². The Bertz CT molecular complexity index is 1300. The Balaban J connectivity index is 1.77. The monoisotopic (exact) mass is 548 g/mol. The third-order valence-corrected chi connectivity index (χ3v) is 6.00. The molecule has 1 atom stereocenters. The summed E-state index contributed by atoms with van der Waals surface area (Å²) in [4.78, 5) is 0. The maximum atomic E-state index is 15.5. The van der Waals surface area contributed by atoms with E-state index in [-0.39, 0.29) is 11.5 Å². The molecule has 39 heavy (non-hydrogen) atoms. The van der Waals surface area contributed by atoms with Gasteiger partial charge in [0.1, 0.15) is 23.0 Å². The molecule has 0 saturated heterocycles. The SMILES string of the molecule is Nc1ccc(Oc2ccc(C(c3ccc(Oc4ccc(N)cc4)cc3)(C(F)(F)F)C(N)(F)N(F)F)cc2)cc1. The van der Waals surface area contributed by atoms with Gasteiger partial charge in [-0.3, -0.25) is 5.73 Å². The molecule has 0 radical (unpaired) electrons. The Morgan fingerprint density at radius 2 is 0.795 bits per heavy atom. The number of benzene rings is 4. The first-order chi connectivity index (χ1) is 18.3. The molecule has 0 aromatic heterocycles. The molecule has 0 aliphatic carbocycles. The number of nitrogens with zero attached hydrogens (tertiary/aromatic N) is 1. The van der Waals surface area contributed by atoms with Crippen LogP contribution in [0.5, 0.6) is 23.0 Å². The summed E-state index contributed by atoms with van der Waals surface area (Å²) in [6.07, 6.45) is -5.63. The molecule has 204 valence electrons. The van der Waals surface area contributed by atoms with Crippen molar-refractivity contribution in [3.05, 3.63) is 108 Å². The fourth-order valence-electron chi connectivity index (χ4n) is 4.11. The first-order valence-corrected chi connectivity index (χ1v) is 11.3. The van der Waals surface area contributed by atoms with Gasteiger partial charge in [0.05, 0.1) is 5.34 Å². The van der Waals surface area contributed by atoms with Crippen molar-refractivity contribution in [2.75, 3.05) is 11.5 Å². The van der Waals surface area contributed by atoms with Gasteiger partial charge in [0.2, 0.25) is 0 Å². The fraction of sp³-hybridized carbons (Fsp3) is 0.111. The largest absolute Gasteiger partial charge is 0.457 e. The molecule has 0 heterocycles. The van der Waals surface area contributed by atoms with Gasteiger partial charge in [-0.25, -0.2) is 4.39 Å². The number of alkyl halides is 4. The lowest BCUT2D eigenvalue weighted by Crippen LogP contribution is -2.67. The predicted molar refractivity (Wildman–Crippen MR) is 134 cm³/mol. The Kier molecular flexibility index (Phi) is 7.35. The Hall–Kier alpha value is -4.42. The third kappa shape index (κ3) is 5.29. The van der Waals surface area contributed by atoms with Crippen LogP contribution >= 0.6 is 0 Å². The molecular weight excluding hydrogens is 526 g/mol. The van der Waals surface area contributed by atoms with Crippen LogP contribution in [-0.4, -0.2) is 17.4 Å². The zero-order valence-corrected chi connectivity index (χ0v) is 20.0. The summed E-state index contributed by atoms with van der Waals surface area (Å²) in [5.74, 6) is -3.97. The van der Waals surface area contributed by atoms with Crippen LogP contribution in [-0.2, 0) is 5.41 Å². The van der Waals surface area contributed by atoms with Crippen molar-refractivity contribution in [3.8, 4) is 23.0 Å². The van der Waals surface area contributed by atoms with Gasteiger partial charge in [0, 0.05) is 11.4 Å². The van der Waals surface area contributed by atoms with Crippen LogP contribution in [0, 0.1) is 0 Å². The summed E-state index contributed by atoms with van der Waals surface area (Å²) in [5.41, 5.74) is 11.5. The van der Waals surface area contributed by atoms with E-state index in [0.717, 1.165) is 48.5 Å². The van der Waals surface area contributed by atoms with Crippen molar-refractivity contribution < 1.29 is 36.0 Å². The molecule has 12 heteroatoms. The normalized spacial score (nSPS) is 13.6. The van der Waals surface area contributed by atoms with E-state index < -0.39 is 34.0 Å². The summed E-state index contributed by atoms with van der Waals surface area (Å²) < 4.78 is 98.6. The molecule has 4 aromatic carbocycles. The van der Waals surface area contributed by atoms with E-state index in [1.807, 2.05) is 0 Å². The standard InChI is InChI=1S/C27H22F6N4O2/c28-26(29,30)25(27(31,36)37(32)33,17-1-9-21(10-2-17)38-23-13-5-19(34)6-14-23)18-3-11-22(12-4-18)39-24-15-7-20(35)8-16-24/h1-16H,34-36H2. The first kappa shape index (κ1) is 27.6. The molecule has 1 unspecified atom stereocenters. The van der Waals surface area contributed by atoms with Crippen LogP contribution in [0.25, 0.3) is 0 Å². The van der Waals surface area contributed by atoms with Crippen LogP contribution in [0.4, 0.5) is 37.9 Å². The minimum atomic E-state index is -5.63. The highest BCUT2D eigenvalue weighted by atomic mass is 19.4. The first-order valence-electron chi connectivity index (χ1n) is 11.3. The van der Waals surface area contributed by atoms with E-state index in [4.69, 9.17) is 26.7 Å². The maximum Gasteiger partial charge on any atom is 0.408 e. The van der Waals surface area contributed by atoms with Crippen LogP contribution in [0.15, 0.2) is 97.1 Å². The van der Waals surface area contributed by atoms with Gasteiger partial charge in [-0.15, -0.1) is 0 Å². The molecule has 0 bridgehead atoms. The van der Waals surface area contributed by atoms with Crippen LogP contribution in [0.3, 0.4) is 0 Å². The molecule has 4 aromatic rings. The van der Waals surface area contributed by atoms with Crippen molar-refractivity contribution in [3.63, 3.8) is 0 Å². The summed E-state index contributed by atoms with van der Waals surface area (Å²) in [6.45, 7) is 0. The van der Waals surface area contributed by atoms with E-state index in [9.17, 15) is 22.1 Å². The highest BCUT2D eigenvalue weighted by Crippen LogP contribution is 2.54. The molecule has 0 aliphatic rings. The van der Waals surface area contributed by atoms with Crippen LogP contribution < -0.4 is 26.7 Å². The van der Waals surface area contributed by atoms with Gasteiger partial charge in [-0.05, 0) is 83.9 Å². The lowest BCUT2D eigenvalue weighted by atomic mass is 9.70. The number of ether oxygens (including phenoxy) is 2. The number of anilines is 2. The van der Waals surface area contributed by atoms with E-state index in [1.54, 1.807) is 24.3 Å². The molecule has 6 N–H and O–H groups in total. The summed E-state index contributed by atoms with van der Waals surface area (Å²) in [5, 5.41) is -2.29. The fourth-order valence-corrected chi connectivity index (χ4v) is 4.11. The highest BCUT2D eigenvalue weighted by Gasteiger charge is 2.72. The van der Waals surface area contributed by atoms with Gasteiger partial charge in [-0.1, -0.05) is 33.2 Å². The van der Waals surface area contributed by atoms with Gasteiger partial charge in [0.25, 0.3) is 5.92 Å². The molecule has 0 spiro atoms. The molecule has 0 aliphatic heterocycles. The number of nitrogen functional groups attached to an aromatic ring is 2. The minimum Gasteiger partial charge on any atom is -0.457 e. The number of hydrogen-bond donors (Lipinski definition) is 3. The van der Waals surface area contributed by atoms with Crippen molar-refractivity contribution >= 4 is 11.4 Å². The van der Waals surface area contributed by atoms with Crippen LogP contribution in [0.2, 0.25) is 0 Å². The van der Waals surface area contributed by atoms with Crippen molar-refractivity contribution in [2.24, 2.45) is 5.73 Å². The summed E-state index contributed by atoms with van der Waals surface area (Å²) in [7, 11) is 0. The zero-order chi connectivity index (χ0) is 28.4. The van der Waals surface area contributed by atoms with Gasteiger partial charge < -0.3 is 20.9 Å². The van der Waals surface area contributed by atoms with Crippen molar-refractivity contribution in [2.45, 2.75) is 17.5 Å². The zero-order valence-electron chi connectivity index (χ0n) is 20.0. The average molecular weight is 548 g/mol. The van der Waals surface area contributed by atoms with E-state index in [2.05, 4.69) is 0 Å². The highest BCUT2D eigenvalue weighted by molar-refractivity contribution is 5.50. The molecule has 0 amide bonds. The van der Waals surface area contributed by atoms with E-state index >= 15 is 4.39 Å². The second-order valence-electron chi connectivity index (χ2n) is 8.54. The predicted octanol–water partition coefficient (Wildman–Crippen LogP) is 6.94. The second-order valence-corrected chi connectivity index (χ2v) is 8.54. The average Bonchev–Trinajstić information content (AvgIpc) is 2.88. The minimum absolute atomic E-state index is 0.0608. The number of halogens is 6. The quantitative estimate of drug-likeness (QED) is 0.0726. The second kappa shape index (κ2) is 10.4. The molecule has 6 nitrogen and oxygen atoms in total. The van der Waals surface area contributed by atoms with Gasteiger partial charge in [0.15, 0.2) is 5.41 Å². The van der Waals surface area contributed by atoms with Gasteiger partial charge in [-0.2, -0.15) is 13.2 Å². The Labute approximate surface area is 219 Å². The molecule has 4 rings (SSSR count). The lowest BCUT2D eigenvalue weighted by molar-refractivity contribution is -0.339. The Morgan fingerprint density at radius 3 is 1.05 bits per heavy atom.